The van der Waals surface area contributed by atoms with E-state index in [0.717, 1.165) is 22.2 Å². The minimum absolute atomic E-state index is 0.199. The van der Waals surface area contributed by atoms with Gasteiger partial charge in [-0.05, 0) is 37.6 Å². The smallest absolute Gasteiger partial charge is 0.258 e. The van der Waals surface area contributed by atoms with Gasteiger partial charge in [0, 0.05) is 16.6 Å². The molecule has 0 radical (unpaired) electrons. The predicted octanol–water partition coefficient (Wildman–Crippen LogP) is 4.18. The molecule has 0 aliphatic carbocycles. The summed E-state index contributed by atoms with van der Waals surface area (Å²) in [5.74, 6) is -0.749. The Labute approximate surface area is 121 Å². The molecular formula is C17H15FN2O. The predicted molar refractivity (Wildman–Crippen MR) is 82.1 cm³/mol. The van der Waals surface area contributed by atoms with E-state index < -0.39 is 5.82 Å². The number of aromatic amines is 1. The van der Waals surface area contributed by atoms with E-state index in [4.69, 9.17) is 0 Å². The molecule has 1 aromatic heterocycles. The summed E-state index contributed by atoms with van der Waals surface area (Å²) in [7, 11) is 0. The number of amides is 1. The number of anilines is 1. The van der Waals surface area contributed by atoms with Gasteiger partial charge >= 0.3 is 0 Å². The first-order valence-corrected chi connectivity index (χ1v) is 6.71. The Bertz CT molecular complexity index is 836. The molecule has 0 aliphatic heterocycles. The summed E-state index contributed by atoms with van der Waals surface area (Å²) >= 11 is 0. The number of hydrogen-bond acceptors (Lipinski definition) is 1. The van der Waals surface area contributed by atoms with Crippen molar-refractivity contribution in [3.8, 4) is 0 Å². The third kappa shape index (κ3) is 2.40. The Morgan fingerprint density at radius 2 is 1.90 bits per heavy atom. The topological polar surface area (TPSA) is 44.9 Å². The monoisotopic (exact) mass is 282 g/mol. The Morgan fingerprint density at radius 3 is 2.71 bits per heavy atom. The summed E-state index contributed by atoms with van der Waals surface area (Å²) in [6.07, 6.45) is 0. The molecule has 2 aromatic carbocycles. The van der Waals surface area contributed by atoms with Gasteiger partial charge in [0.25, 0.3) is 5.91 Å². The first-order chi connectivity index (χ1) is 10.1. The minimum atomic E-state index is -0.438. The highest BCUT2D eigenvalue weighted by atomic mass is 19.1. The molecule has 21 heavy (non-hydrogen) atoms. The van der Waals surface area contributed by atoms with Crippen LogP contribution in [0.4, 0.5) is 10.1 Å². The van der Waals surface area contributed by atoms with Gasteiger partial charge in [-0.3, -0.25) is 4.79 Å². The second-order valence-corrected chi connectivity index (χ2v) is 5.11. The van der Waals surface area contributed by atoms with Gasteiger partial charge in [-0.2, -0.15) is 0 Å². The molecule has 1 heterocycles. The number of aromatic nitrogens is 1. The molecule has 0 fully saturated rings. The molecule has 106 valence electrons. The molecule has 3 rings (SSSR count). The molecule has 0 spiro atoms. The molecule has 0 bridgehead atoms. The van der Waals surface area contributed by atoms with Crippen LogP contribution < -0.4 is 5.32 Å². The van der Waals surface area contributed by atoms with Gasteiger partial charge in [-0.1, -0.05) is 24.3 Å². The molecular weight excluding hydrogens is 267 g/mol. The Kier molecular flexibility index (Phi) is 3.22. The fourth-order valence-corrected chi connectivity index (χ4v) is 2.49. The molecule has 0 unspecified atom stereocenters. The summed E-state index contributed by atoms with van der Waals surface area (Å²) in [4.78, 5) is 15.6. The van der Waals surface area contributed by atoms with Crippen molar-refractivity contribution in [2.24, 2.45) is 0 Å². The van der Waals surface area contributed by atoms with E-state index in [1.807, 2.05) is 38.1 Å². The van der Waals surface area contributed by atoms with Crippen LogP contribution in [0.15, 0.2) is 42.5 Å². The molecule has 4 heteroatoms. The fourth-order valence-electron chi connectivity index (χ4n) is 2.49. The highest BCUT2D eigenvalue weighted by Gasteiger charge is 2.17. The molecule has 0 aliphatic rings. The molecule has 0 saturated heterocycles. The molecule has 0 atom stereocenters. The van der Waals surface area contributed by atoms with Crippen LogP contribution in [0.3, 0.4) is 0 Å². The second kappa shape index (κ2) is 5.05. The van der Waals surface area contributed by atoms with Gasteiger partial charge in [-0.15, -0.1) is 0 Å². The zero-order valence-corrected chi connectivity index (χ0v) is 11.8. The summed E-state index contributed by atoms with van der Waals surface area (Å²) in [5, 5.41) is 3.49. The van der Waals surface area contributed by atoms with Crippen LogP contribution in [0, 0.1) is 19.7 Å². The van der Waals surface area contributed by atoms with Crippen LogP contribution in [0.5, 0.6) is 0 Å². The van der Waals surface area contributed by atoms with Gasteiger partial charge in [0.05, 0.1) is 11.3 Å². The molecule has 1 amide bonds. The quantitative estimate of drug-likeness (QED) is 0.727. The standard InChI is InChI=1S/C17H15FN2O/c1-10-7-8-13(18)15(9-10)20-17(21)16-11(2)19-14-6-4-3-5-12(14)16/h3-9,19H,1-2H3,(H,20,21). The van der Waals surface area contributed by atoms with Crippen LogP contribution in [0.1, 0.15) is 21.6 Å². The molecule has 2 N–H and O–H groups in total. The average Bonchev–Trinajstić information content (AvgIpc) is 2.78. The van der Waals surface area contributed by atoms with E-state index in [9.17, 15) is 9.18 Å². The SMILES string of the molecule is Cc1ccc(F)c(NC(=O)c2c(C)[nH]c3ccccc23)c1. The maximum atomic E-state index is 13.8. The number of nitrogens with one attached hydrogen (secondary N) is 2. The van der Waals surface area contributed by atoms with Gasteiger partial charge in [0.15, 0.2) is 0 Å². The lowest BCUT2D eigenvalue weighted by molar-refractivity contribution is 0.102. The number of carbonyl (C=O) groups is 1. The zero-order valence-electron chi connectivity index (χ0n) is 11.8. The van der Waals surface area contributed by atoms with Crippen molar-refractivity contribution in [3.63, 3.8) is 0 Å². The maximum Gasteiger partial charge on any atom is 0.258 e. The van der Waals surface area contributed by atoms with Crippen molar-refractivity contribution >= 4 is 22.5 Å². The molecule has 3 aromatic rings. The number of rotatable bonds is 2. The number of para-hydroxylation sites is 1. The second-order valence-electron chi connectivity index (χ2n) is 5.11. The number of aryl methyl sites for hydroxylation is 2. The van der Waals surface area contributed by atoms with Gasteiger partial charge in [-0.25, -0.2) is 4.39 Å². The lowest BCUT2D eigenvalue weighted by atomic mass is 10.1. The number of carbonyl (C=O) groups excluding carboxylic acids is 1. The first-order valence-electron chi connectivity index (χ1n) is 6.71. The number of fused-ring (bicyclic) bond motifs is 1. The Balaban J connectivity index is 2.01. The van der Waals surface area contributed by atoms with Crippen LogP contribution in [0.2, 0.25) is 0 Å². The van der Waals surface area contributed by atoms with Crippen LogP contribution >= 0.6 is 0 Å². The number of H-pyrrole nitrogens is 1. The van der Waals surface area contributed by atoms with Gasteiger partial charge in [0.1, 0.15) is 5.82 Å². The van der Waals surface area contributed by atoms with E-state index in [0.29, 0.717) is 5.56 Å². The molecule has 3 nitrogen and oxygen atoms in total. The summed E-state index contributed by atoms with van der Waals surface area (Å²) in [5.41, 5.74) is 3.30. The van der Waals surface area contributed by atoms with Crippen LogP contribution in [-0.4, -0.2) is 10.9 Å². The summed E-state index contributed by atoms with van der Waals surface area (Å²) < 4.78 is 13.8. The van der Waals surface area contributed by atoms with Crippen molar-refractivity contribution < 1.29 is 9.18 Å². The van der Waals surface area contributed by atoms with Crippen molar-refractivity contribution in [2.75, 3.05) is 5.32 Å². The number of benzene rings is 2. The van der Waals surface area contributed by atoms with Crippen molar-refractivity contribution in [3.05, 3.63) is 65.1 Å². The van der Waals surface area contributed by atoms with E-state index >= 15 is 0 Å². The maximum absolute atomic E-state index is 13.8. The summed E-state index contributed by atoms with van der Waals surface area (Å²) in [6.45, 7) is 3.69. The van der Waals surface area contributed by atoms with Crippen molar-refractivity contribution in [2.45, 2.75) is 13.8 Å². The van der Waals surface area contributed by atoms with E-state index in [2.05, 4.69) is 10.3 Å². The summed E-state index contributed by atoms with van der Waals surface area (Å²) in [6, 6.07) is 12.2. The van der Waals surface area contributed by atoms with E-state index in [1.54, 1.807) is 12.1 Å². The minimum Gasteiger partial charge on any atom is -0.358 e. The third-order valence-electron chi connectivity index (χ3n) is 3.49. The van der Waals surface area contributed by atoms with Crippen LogP contribution in [-0.2, 0) is 0 Å². The lowest BCUT2D eigenvalue weighted by Gasteiger charge is -2.07. The van der Waals surface area contributed by atoms with Gasteiger partial charge in [0.2, 0.25) is 0 Å². The van der Waals surface area contributed by atoms with Crippen molar-refractivity contribution in [1.29, 1.82) is 0 Å². The van der Waals surface area contributed by atoms with Crippen LogP contribution in [0.25, 0.3) is 10.9 Å². The average molecular weight is 282 g/mol. The third-order valence-corrected chi connectivity index (χ3v) is 3.49. The normalized spacial score (nSPS) is 10.8. The first kappa shape index (κ1) is 13.4. The van der Waals surface area contributed by atoms with Gasteiger partial charge < -0.3 is 10.3 Å². The molecule has 0 saturated carbocycles. The number of halogens is 1. The Morgan fingerprint density at radius 1 is 1.14 bits per heavy atom. The lowest BCUT2D eigenvalue weighted by Crippen LogP contribution is -2.14. The highest BCUT2D eigenvalue weighted by molar-refractivity contribution is 6.13. The zero-order chi connectivity index (χ0) is 15.0. The largest absolute Gasteiger partial charge is 0.358 e. The fraction of sp³-hybridized carbons (Fsp3) is 0.118. The Hall–Kier alpha value is -2.62. The van der Waals surface area contributed by atoms with E-state index in [1.165, 1.54) is 6.07 Å². The van der Waals surface area contributed by atoms with Crippen molar-refractivity contribution in [1.82, 2.24) is 4.98 Å². The number of hydrogen-bond donors (Lipinski definition) is 2. The highest BCUT2D eigenvalue weighted by Crippen LogP contribution is 2.24. The van der Waals surface area contributed by atoms with E-state index in [-0.39, 0.29) is 11.6 Å².